The molecule has 0 heterocycles. The fourth-order valence-electron chi connectivity index (χ4n) is 2.66. The van der Waals surface area contributed by atoms with Gasteiger partial charge in [-0.25, -0.2) is 0 Å². The Labute approximate surface area is 111 Å². The normalized spacial score (nSPS) is 19.4. The van der Waals surface area contributed by atoms with Crippen molar-refractivity contribution in [2.75, 3.05) is 0 Å². The highest BCUT2D eigenvalue weighted by atomic mass is 16.5. The molecule has 0 aliphatic heterocycles. The largest absolute Gasteiger partial charge is 0.483 e. The van der Waals surface area contributed by atoms with Crippen molar-refractivity contribution in [1.29, 1.82) is 0 Å². The van der Waals surface area contributed by atoms with Crippen LogP contribution in [0.4, 0.5) is 0 Å². The van der Waals surface area contributed by atoms with Crippen LogP contribution >= 0.6 is 0 Å². The van der Waals surface area contributed by atoms with Gasteiger partial charge in [-0.3, -0.25) is 0 Å². The Morgan fingerprint density at radius 2 is 1.89 bits per heavy atom. The van der Waals surface area contributed by atoms with E-state index in [-0.39, 0.29) is 5.60 Å². The zero-order chi connectivity index (χ0) is 13.0. The zero-order valence-electron chi connectivity index (χ0n) is 11.6. The average molecular weight is 244 g/mol. The number of benzene rings is 1. The average Bonchev–Trinajstić information content (AvgIpc) is 2.88. The number of rotatable bonds is 5. The van der Waals surface area contributed by atoms with Crippen LogP contribution in [0, 0.1) is 0 Å². The van der Waals surface area contributed by atoms with Crippen LogP contribution in [0.5, 0.6) is 5.75 Å². The Kier molecular flexibility index (Phi) is 4.11. The Bertz CT molecular complexity index is 385. The fraction of sp³-hybridized carbons (Fsp3) is 0.529. The predicted molar refractivity (Wildman–Crippen MR) is 77.2 cm³/mol. The van der Waals surface area contributed by atoms with Gasteiger partial charge in [0.15, 0.2) is 0 Å². The maximum absolute atomic E-state index is 6.16. The van der Waals surface area contributed by atoms with E-state index in [1.807, 2.05) is 6.08 Å². The molecular formula is C17H24O. The molecule has 1 aliphatic carbocycles. The van der Waals surface area contributed by atoms with E-state index in [9.17, 15) is 0 Å². The molecule has 0 saturated heterocycles. The highest BCUT2D eigenvalue weighted by molar-refractivity contribution is 5.30. The summed E-state index contributed by atoms with van der Waals surface area (Å²) in [5.74, 6) is 1.60. The second kappa shape index (κ2) is 5.60. The van der Waals surface area contributed by atoms with E-state index in [0.29, 0.717) is 5.92 Å². The van der Waals surface area contributed by atoms with Crippen molar-refractivity contribution < 1.29 is 4.74 Å². The summed E-state index contributed by atoms with van der Waals surface area (Å²) in [7, 11) is 0. The molecule has 0 radical (unpaired) electrons. The molecule has 2 rings (SSSR count). The molecular weight excluding hydrogens is 220 g/mol. The summed E-state index contributed by atoms with van der Waals surface area (Å²) in [5.41, 5.74) is 1.28. The lowest BCUT2D eigenvalue weighted by Gasteiger charge is -2.26. The summed E-state index contributed by atoms with van der Waals surface area (Å²) in [6.45, 7) is 8.43. The molecule has 1 atom stereocenters. The molecule has 1 saturated carbocycles. The number of hydrogen-bond donors (Lipinski definition) is 0. The van der Waals surface area contributed by atoms with Crippen LogP contribution in [0.2, 0.25) is 0 Å². The maximum Gasteiger partial charge on any atom is 0.127 e. The van der Waals surface area contributed by atoms with E-state index in [0.717, 1.165) is 18.6 Å². The molecule has 1 fully saturated rings. The molecule has 1 heteroatoms. The summed E-state index contributed by atoms with van der Waals surface area (Å²) in [5, 5.41) is 0. The minimum absolute atomic E-state index is 0.113. The van der Waals surface area contributed by atoms with Gasteiger partial charge in [-0.15, -0.1) is 0 Å². The van der Waals surface area contributed by atoms with Gasteiger partial charge in [-0.2, -0.15) is 0 Å². The van der Waals surface area contributed by atoms with Crippen LogP contribution in [0.25, 0.3) is 0 Å². The molecule has 0 N–H and O–H groups in total. The molecule has 0 bridgehead atoms. The molecule has 1 nitrogen and oxygen atoms in total. The molecule has 98 valence electrons. The summed E-state index contributed by atoms with van der Waals surface area (Å²) in [6, 6.07) is 8.58. The highest BCUT2D eigenvalue weighted by Gasteiger charge is 2.32. The van der Waals surface area contributed by atoms with Gasteiger partial charge in [0, 0.05) is 0 Å². The Balaban J connectivity index is 2.08. The lowest BCUT2D eigenvalue weighted by molar-refractivity contribution is 0.128. The topological polar surface area (TPSA) is 9.23 Å². The predicted octanol–water partition coefficient (Wildman–Crippen LogP) is 5.08. The second-order valence-corrected chi connectivity index (χ2v) is 5.46. The molecule has 0 aromatic heterocycles. The van der Waals surface area contributed by atoms with E-state index < -0.39 is 0 Å². The fourth-order valence-corrected chi connectivity index (χ4v) is 2.66. The third kappa shape index (κ3) is 2.77. The van der Waals surface area contributed by atoms with Crippen LogP contribution in [0.3, 0.4) is 0 Å². The van der Waals surface area contributed by atoms with Crippen molar-refractivity contribution in [1.82, 2.24) is 0 Å². The van der Waals surface area contributed by atoms with E-state index in [1.54, 1.807) is 0 Å². The third-order valence-corrected chi connectivity index (χ3v) is 4.20. The molecule has 1 aliphatic rings. The SMILES string of the molecule is C=CC1(Oc2ccc(C(C)CC)cc2)CCCC1. The lowest BCUT2D eigenvalue weighted by atomic mass is 9.98. The Morgan fingerprint density at radius 1 is 1.28 bits per heavy atom. The molecule has 0 spiro atoms. The van der Waals surface area contributed by atoms with Crippen molar-refractivity contribution in [3.05, 3.63) is 42.5 Å². The Morgan fingerprint density at radius 3 is 2.39 bits per heavy atom. The smallest absolute Gasteiger partial charge is 0.127 e. The van der Waals surface area contributed by atoms with Crippen LogP contribution in [0.15, 0.2) is 36.9 Å². The molecule has 0 amide bonds. The van der Waals surface area contributed by atoms with Gasteiger partial charge < -0.3 is 4.74 Å². The summed E-state index contributed by atoms with van der Waals surface area (Å²) in [4.78, 5) is 0. The number of ether oxygens (including phenoxy) is 1. The maximum atomic E-state index is 6.16. The summed E-state index contributed by atoms with van der Waals surface area (Å²) < 4.78 is 6.16. The zero-order valence-corrected chi connectivity index (χ0v) is 11.6. The van der Waals surface area contributed by atoms with E-state index in [4.69, 9.17) is 4.74 Å². The van der Waals surface area contributed by atoms with E-state index in [2.05, 4.69) is 44.7 Å². The van der Waals surface area contributed by atoms with Crippen molar-refractivity contribution >= 4 is 0 Å². The lowest BCUT2D eigenvalue weighted by Crippen LogP contribution is -2.29. The van der Waals surface area contributed by atoms with Crippen LogP contribution in [-0.2, 0) is 0 Å². The van der Waals surface area contributed by atoms with Gasteiger partial charge >= 0.3 is 0 Å². The van der Waals surface area contributed by atoms with Gasteiger partial charge in [-0.1, -0.05) is 32.6 Å². The second-order valence-electron chi connectivity index (χ2n) is 5.46. The molecule has 1 aromatic carbocycles. The quantitative estimate of drug-likeness (QED) is 0.656. The third-order valence-electron chi connectivity index (χ3n) is 4.20. The van der Waals surface area contributed by atoms with Gasteiger partial charge in [0.25, 0.3) is 0 Å². The van der Waals surface area contributed by atoms with Crippen LogP contribution in [0.1, 0.15) is 57.4 Å². The first kappa shape index (κ1) is 13.2. The minimum atomic E-state index is -0.113. The molecule has 18 heavy (non-hydrogen) atoms. The standard InChI is InChI=1S/C17H24O/c1-4-14(3)15-8-10-16(11-9-15)18-17(5-2)12-6-7-13-17/h5,8-11,14H,2,4,6-7,12-13H2,1,3H3. The minimum Gasteiger partial charge on any atom is -0.483 e. The summed E-state index contributed by atoms with van der Waals surface area (Å²) >= 11 is 0. The van der Waals surface area contributed by atoms with Gasteiger partial charge in [0.2, 0.25) is 0 Å². The van der Waals surface area contributed by atoms with Gasteiger partial charge in [0.05, 0.1) is 0 Å². The Hall–Kier alpha value is -1.24. The highest BCUT2D eigenvalue weighted by Crippen LogP contribution is 2.35. The van der Waals surface area contributed by atoms with Crippen LogP contribution < -0.4 is 4.74 Å². The molecule has 1 unspecified atom stereocenters. The van der Waals surface area contributed by atoms with Gasteiger partial charge in [-0.05, 0) is 61.8 Å². The van der Waals surface area contributed by atoms with Crippen molar-refractivity contribution in [3.8, 4) is 5.75 Å². The van der Waals surface area contributed by atoms with E-state index >= 15 is 0 Å². The first-order chi connectivity index (χ1) is 8.69. The van der Waals surface area contributed by atoms with Crippen molar-refractivity contribution in [2.45, 2.75) is 57.5 Å². The van der Waals surface area contributed by atoms with Crippen LogP contribution in [-0.4, -0.2) is 5.60 Å². The first-order valence-corrected chi connectivity index (χ1v) is 7.12. The number of hydrogen-bond acceptors (Lipinski definition) is 1. The van der Waals surface area contributed by atoms with Crippen molar-refractivity contribution in [2.24, 2.45) is 0 Å². The monoisotopic (exact) mass is 244 g/mol. The van der Waals surface area contributed by atoms with Gasteiger partial charge in [0.1, 0.15) is 11.4 Å². The van der Waals surface area contributed by atoms with Crippen molar-refractivity contribution in [3.63, 3.8) is 0 Å². The van der Waals surface area contributed by atoms with E-state index in [1.165, 1.54) is 24.8 Å². The summed E-state index contributed by atoms with van der Waals surface area (Å²) in [6.07, 6.45) is 7.86. The molecule has 1 aromatic rings. The first-order valence-electron chi connectivity index (χ1n) is 7.12.